The molecule has 1 aromatic rings. The predicted molar refractivity (Wildman–Crippen MR) is 103 cm³/mol. The van der Waals surface area contributed by atoms with Crippen molar-refractivity contribution >= 4 is 11.8 Å². The van der Waals surface area contributed by atoms with Crippen molar-refractivity contribution in [1.29, 1.82) is 0 Å². The number of nitrogens with zero attached hydrogens (tertiary/aromatic N) is 2. The number of piperidine rings is 2. The summed E-state index contributed by atoms with van der Waals surface area (Å²) < 4.78 is 10.7. The summed E-state index contributed by atoms with van der Waals surface area (Å²) in [5, 5.41) is 0. The van der Waals surface area contributed by atoms with Crippen LogP contribution in [0.1, 0.15) is 43.0 Å². The van der Waals surface area contributed by atoms with E-state index in [1.54, 1.807) is 32.4 Å². The van der Waals surface area contributed by atoms with Gasteiger partial charge in [-0.05, 0) is 43.7 Å². The van der Waals surface area contributed by atoms with Gasteiger partial charge in [0.2, 0.25) is 5.91 Å². The molecule has 2 saturated heterocycles. The van der Waals surface area contributed by atoms with E-state index >= 15 is 0 Å². The normalized spacial score (nSPS) is 19.1. The Hall–Kier alpha value is -2.24. The summed E-state index contributed by atoms with van der Waals surface area (Å²) in [5.41, 5.74) is 0.456. The highest BCUT2D eigenvalue weighted by atomic mass is 16.5. The van der Waals surface area contributed by atoms with Crippen LogP contribution >= 0.6 is 0 Å². The number of likely N-dealkylation sites (tertiary alicyclic amines) is 2. The maximum atomic E-state index is 13.0. The van der Waals surface area contributed by atoms with E-state index in [2.05, 4.69) is 6.92 Å². The topological polar surface area (TPSA) is 59.1 Å². The van der Waals surface area contributed by atoms with E-state index in [0.717, 1.165) is 25.9 Å². The molecule has 2 fully saturated rings. The number of methoxy groups -OCH3 is 2. The largest absolute Gasteiger partial charge is 0.496 e. The molecule has 27 heavy (non-hydrogen) atoms. The van der Waals surface area contributed by atoms with Gasteiger partial charge in [0.15, 0.2) is 0 Å². The first-order chi connectivity index (χ1) is 13.0. The minimum Gasteiger partial charge on any atom is -0.496 e. The van der Waals surface area contributed by atoms with Crippen molar-refractivity contribution in [3.05, 3.63) is 23.8 Å². The number of hydrogen-bond donors (Lipinski definition) is 0. The minimum atomic E-state index is -0.0954. The fourth-order valence-corrected chi connectivity index (χ4v) is 4.04. The van der Waals surface area contributed by atoms with Gasteiger partial charge in [0.25, 0.3) is 5.91 Å². The maximum Gasteiger partial charge on any atom is 0.261 e. The molecule has 0 saturated carbocycles. The Balaban J connectivity index is 1.62. The van der Waals surface area contributed by atoms with Gasteiger partial charge in [-0.25, -0.2) is 0 Å². The summed E-state index contributed by atoms with van der Waals surface area (Å²) in [5.74, 6) is 1.94. The summed E-state index contributed by atoms with van der Waals surface area (Å²) in [4.78, 5) is 29.7. The lowest BCUT2D eigenvalue weighted by molar-refractivity contribution is -0.138. The van der Waals surface area contributed by atoms with Gasteiger partial charge in [-0.15, -0.1) is 0 Å². The second kappa shape index (κ2) is 8.63. The predicted octanol–water partition coefficient (Wildman–Crippen LogP) is 2.81. The van der Waals surface area contributed by atoms with Crippen LogP contribution in [-0.2, 0) is 4.79 Å². The molecule has 2 aliphatic heterocycles. The summed E-state index contributed by atoms with van der Waals surface area (Å²) in [6, 6.07) is 5.34. The molecule has 0 aliphatic carbocycles. The van der Waals surface area contributed by atoms with Gasteiger partial charge in [0.1, 0.15) is 17.1 Å². The van der Waals surface area contributed by atoms with Crippen LogP contribution < -0.4 is 9.47 Å². The van der Waals surface area contributed by atoms with E-state index in [-0.39, 0.29) is 17.7 Å². The van der Waals surface area contributed by atoms with Gasteiger partial charge in [0, 0.05) is 32.1 Å². The fourth-order valence-electron chi connectivity index (χ4n) is 4.04. The van der Waals surface area contributed by atoms with Crippen molar-refractivity contribution in [2.75, 3.05) is 40.4 Å². The van der Waals surface area contributed by atoms with Crippen LogP contribution in [0.5, 0.6) is 11.5 Å². The van der Waals surface area contributed by atoms with Crippen molar-refractivity contribution in [2.45, 2.75) is 32.6 Å². The molecule has 0 unspecified atom stereocenters. The maximum absolute atomic E-state index is 13.0. The van der Waals surface area contributed by atoms with E-state index in [4.69, 9.17) is 9.47 Å². The van der Waals surface area contributed by atoms with Gasteiger partial charge in [-0.2, -0.15) is 0 Å². The number of rotatable bonds is 4. The molecule has 2 aliphatic rings. The van der Waals surface area contributed by atoms with E-state index in [1.807, 2.05) is 9.80 Å². The van der Waals surface area contributed by atoms with Crippen LogP contribution in [0, 0.1) is 11.8 Å². The number of carbonyl (C=O) groups is 2. The molecule has 0 bridgehead atoms. The molecular formula is C21H30N2O4. The molecule has 6 heteroatoms. The third kappa shape index (κ3) is 4.20. The molecule has 0 aromatic heterocycles. The Bertz CT molecular complexity index is 653. The Morgan fingerprint density at radius 1 is 0.889 bits per heavy atom. The number of benzene rings is 1. The highest BCUT2D eigenvalue weighted by Gasteiger charge is 2.33. The molecule has 1 aromatic carbocycles. The molecule has 2 heterocycles. The van der Waals surface area contributed by atoms with Gasteiger partial charge >= 0.3 is 0 Å². The average Bonchev–Trinajstić information content (AvgIpc) is 2.72. The second-order valence-corrected chi connectivity index (χ2v) is 7.61. The molecule has 3 rings (SSSR count). The van der Waals surface area contributed by atoms with E-state index in [9.17, 15) is 9.59 Å². The van der Waals surface area contributed by atoms with E-state index < -0.39 is 0 Å². The molecule has 6 nitrogen and oxygen atoms in total. The van der Waals surface area contributed by atoms with Crippen molar-refractivity contribution in [1.82, 2.24) is 9.80 Å². The Labute approximate surface area is 161 Å². The third-order valence-corrected chi connectivity index (χ3v) is 5.87. The summed E-state index contributed by atoms with van der Waals surface area (Å²) in [6.45, 7) is 5.16. The van der Waals surface area contributed by atoms with Crippen LogP contribution in [0.3, 0.4) is 0 Å². The van der Waals surface area contributed by atoms with Gasteiger partial charge in [-0.1, -0.05) is 13.0 Å². The number of carbonyl (C=O) groups excluding carboxylic acids is 2. The van der Waals surface area contributed by atoms with Crippen LogP contribution in [0.2, 0.25) is 0 Å². The zero-order valence-corrected chi connectivity index (χ0v) is 16.6. The Morgan fingerprint density at radius 3 is 1.93 bits per heavy atom. The van der Waals surface area contributed by atoms with Gasteiger partial charge in [0.05, 0.1) is 14.2 Å². The van der Waals surface area contributed by atoms with Gasteiger partial charge < -0.3 is 19.3 Å². The van der Waals surface area contributed by atoms with Crippen molar-refractivity contribution < 1.29 is 19.1 Å². The quantitative estimate of drug-likeness (QED) is 0.813. The highest BCUT2D eigenvalue weighted by molar-refractivity contribution is 6.00. The lowest BCUT2D eigenvalue weighted by Crippen LogP contribution is -2.46. The molecule has 2 amide bonds. The minimum absolute atomic E-state index is 0.0296. The standard InChI is InChI=1S/C21H30N2O4/c1-15-7-11-22(12-8-15)20(24)16-9-13-23(14-10-16)21(25)19-17(26-2)5-4-6-18(19)27-3/h4-6,15-16H,7-14H2,1-3H3. The summed E-state index contributed by atoms with van der Waals surface area (Å²) >= 11 is 0. The number of hydrogen-bond acceptors (Lipinski definition) is 4. The lowest BCUT2D eigenvalue weighted by Gasteiger charge is -2.37. The third-order valence-electron chi connectivity index (χ3n) is 5.87. The smallest absolute Gasteiger partial charge is 0.261 e. The fraction of sp³-hybridized carbons (Fsp3) is 0.619. The first kappa shape index (κ1) is 19.5. The van der Waals surface area contributed by atoms with Crippen LogP contribution in [0.4, 0.5) is 0 Å². The molecule has 0 atom stereocenters. The SMILES string of the molecule is COc1cccc(OC)c1C(=O)N1CCC(C(=O)N2CCC(C)CC2)CC1. The molecule has 148 valence electrons. The summed E-state index contributed by atoms with van der Waals surface area (Å²) in [7, 11) is 3.10. The first-order valence-corrected chi connectivity index (χ1v) is 9.84. The van der Waals surface area contributed by atoms with Crippen LogP contribution in [0.15, 0.2) is 18.2 Å². The van der Waals surface area contributed by atoms with Crippen LogP contribution in [-0.4, -0.2) is 62.0 Å². The zero-order chi connectivity index (χ0) is 19.4. The summed E-state index contributed by atoms with van der Waals surface area (Å²) in [6.07, 6.45) is 3.62. The molecule has 0 spiro atoms. The Morgan fingerprint density at radius 2 is 1.41 bits per heavy atom. The Kier molecular flexibility index (Phi) is 6.24. The lowest BCUT2D eigenvalue weighted by atomic mass is 9.92. The number of ether oxygens (including phenoxy) is 2. The first-order valence-electron chi connectivity index (χ1n) is 9.84. The second-order valence-electron chi connectivity index (χ2n) is 7.61. The van der Waals surface area contributed by atoms with E-state index in [1.165, 1.54) is 0 Å². The van der Waals surface area contributed by atoms with Crippen LogP contribution in [0.25, 0.3) is 0 Å². The highest BCUT2D eigenvalue weighted by Crippen LogP contribution is 2.31. The van der Waals surface area contributed by atoms with Gasteiger partial charge in [-0.3, -0.25) is 9.59 Å². The van der Waals surface area contributed by atoms with Crippen molar-refractivity contribution in [3.63, 3.8) is 0 Å². The monoisotopic (exact) mass is 374 g/mol. The molecular weight excluding hydrogens is 344 g/mol. The van der Waals surface area contributed by atoms with Crippen molar-refractivity contribution in [3.8, 4) is 11.5 Å². The molecule has 0 N–H and O–H groups in total. The van der Waals surface area contributed by atoms with Crippen molar-refractivity contribution in [2.24, 2.45) is 11.8 Å². The van der Waals surface area contributed by atoms with E-state index in [0.29, 0.717) is 48.9 Å². The average molecular weight is 374 g/mol. The zero-order valence-electron chi connectivity index (χ0n) is 16.6. The molecule has 0 radical (unpaired) electrons. The number of amides is 2.